The van der Waals surface area contributed by atoms with Crippen molar-refractivity contribution in [2.75, 3.05) is 6.61 Å². The molecule has 0 heterocycles. The van der Waals surface area contributed by atoms with E-state index in [4.69, 9.17) is 0 Å². The number of halogens is 6. The molecule has 0 saturated heterocycles. The summed E-state index contributed by atoms with van der Waals surface area (Å²) in [6, 6.07) is 10.7. The van der Waals surface area contributed by atoms with Crippen molar-refractivity contribution in [3.63, 3.8) is 0 Å². The number of hydrogen-bond acceptors (Lipinski definition) is 3. The first kappa shape index (κ1) is 21.4. The highest BCUT2D eigenvalue weighted by atomic mass is 19.4. The van der Waals surface area contributed by atoms with Gasteiger partial charge in [-0.25, -0.2) is 0 Å². The average molecular weight is 407 g/mol. The molecule has 0 aliphatic carbocycles. The van der Waals surface area contributed by atoms with Crippen LogP contribution in [0.3, 0.4) is 0 Å². The van der Waals surface area contributed by atoms with Crippen LogP contribution in [0.5, 0.6) is 11.5 Å². The standard InChI is InChI=1S/C18H15F6NO3/c19-17(20,21)11-27-15-3-1-2-13(8-15)10-25-16(26)9-12-4-6-14(7-5-12)28-18(22,23)24/h1-8H,9-11H2,(H,25,26). The molecule has 2 aromatic carbocycles. The van der Waals surface area contributed by atoms with Crippen molar-refractivity contribution in [3.05, 3.63) is 59.7 Å². The molecule has 0 radical (unpaired) electrons. The summed E-state index contributed by atoms with van der Waals surface area (Å²) in [4.78, 5) is 11.9. The lowest BCUT2D eigenvalue weighted by Gasteiger charge is -2.11. The topological polar surface area (TPSA) is 47.6 Å². The molecule has 0 aliphatic heterocycles. The van der Waals surface area contributed by atoms with Crippen LogP contribution in [0.25, 0.3) is 0 Å². The maximum Gasteiger partial charge on any atom is 0.573 e. The number of benzene rings is 2. The van der Waals surface area contributed by atoms with Crippen molar-refractivity contribution in [3.8, 4) is 11.5 Å². The average Bonchev–Trinajstić information content (AvgIpc) is 2.58. The van der Waals surface area contributed by atoms with Crippen LogP contribution in [-0.4, -0.2) is 25.1 Å². The van der Waals surface area contributed by atoms with Crippen LogP contribution < -0.4 is 14.8 Å². The van der Waals surface area contributed by atoms with Crippen molar-refractivity contribution < 1.29 is 40.6 Å². The zero-order chi connectivity index (χ0) is 20.8. The van der Waals surface area contributed by atoms with Crippen LogP contribution in [0.1, 0.15) is 11.1 Å². The Labute approximate surface area is 156 Å². The fraction of sp³-hybridized carbons (Fsp3) is 0.278. The van der Waals surface area contributed by atoms with Crippen LogP contribution in [0.2, 0.25) is 0 Å². The number of rotatable bonds is 7. The number of carbonyl (C=O) groups is 1. The van der Waals surface area contributed by atoms with E-state index >= 15 is 0 Å². The highest BCUT2D eigenvalue weighted by Crippen LogP contribution is 2.23. The highest BCUT2D eigenvalue weighted by molar-refractivity contribution is 5.78. The van der Waals surface area contributed by atoms with E-state index in [9.17, 15) is 31.1 Å². The Morgan fingerprint density at radius 3 is 2.18 bits per heavy atom. The summed E-state index contributed by atoms with van der Waals surface area (Å²) in [6.07, 6.45) is -9.33. The van der Waals surface area contributed by atoms with Crippen molar-refractivity contribution >= 4 is 5.91 Å². The summed E-state index contributed by atoms with van der Waals surface area (Å²) < 4.78 is 81.1. The SMILES string of the molecule is O=C(Cc1ccc(OC(F)(F)F)cc1)NCc1cccc(OCC(F)(F)F)c1. The first-order chi connectivity index (χ1) is 13.0. The second-order valence-corrected chi connectivity index (χ2v) is 5.70. The van der Waals surface area contributed by atoms with Gasteiger partial charge >= 0.3 is 12.5 Å². The molecule has 0 aromatic heterocycles. The van der Waals surface area contributed by atoms with Gasteiger partial charge in [0.05, 0.1) is 6.42 Å². The van der Waals surface area contributed by atoms with Gasteiger partial charge in [0.25, 0.3) is 0 Å². The van der Waals surface area contributed by atoms with Crippen molar-refractivity contribution in [1.29, 1.82) is 0 Å². The van der Waals surface area contributed by atoms with E-state index < -0.39 is 30.8 Å². The van der Waals surface area contributed by atoms with E-state index in [1.807, 2.05) is 0 Å². The molecule has 0 aliphatic rings. The van der Waals surface area contributed by atoms with Gasteiger partial charge in [-0.15, -0.1) is 13.2 Å². The van der Waals surface area contributed by atoms with Crippen LogP contribution in [0.15, 0.2) is 48.5 Å². The summed E-state index contributed by atoms with van der Waals surface area (Å²) in [6.45, 7) is -1.37. The van der Waals surface area contributed by atoms with E-state index in [0.29, 0.717) is 11.1 Å². The van der Waals surface area contributed by atoms with Gasteiger partial charge < -0.3 is 14.8 Å². The summed E-state index contributed by atoms with van der Waals surface area (Å²) in [5.41, 5.74) is 0.997. The molecule has 2 rings (SSSR count). The van der Waals surface area contributed by atoms with E-state index in [1.165, 1.54) is 30.3 Å². The van der Waals surface area contributed by atoms with Gasteiger partial charge in [-0.2, -0.15) is 13.2 Å². The molecule has 2 aromatic rings. The van der Waals surface area contributed by atoms with Crippen molar-refractivity contribution in [1.82, 2.24) is 5.32 Å². The predicted molar refractivity (Wildman–Crippen MR) is 86.7 cm³/mol. The molecule has 1 amide bonds. The first-order valence-electron chi connectivity index (χ1n) is 7.90. The smallest absolute Gasteiger partial charge is 0.484 e. The molecule has 0 unspecified atom stereocenters. The van der Waals surface area contributed by atoms with Gasteiger partial charge in [0.2, 0.25) is 5.91 Å². The van der Waals surface area contributed by atoms with Gasteiger partial charge in [0, 0.05) is 6.54 Å². The molecule has 28 heavy (non-hydrogen) atoms. The third kappa shape index (κ3) is 8.19. The number of ether oxygens (including phenoxy) is 2. The molecule has 10 heteroatoms. The lowest BCUT2D eigenvalue weighted by atomic mass is 10.1. The summed E-state index contributed by atoms with van der Waals surface area (Å²) >= 11 is 0. The molecule has 4 nitrogen and oxygen atoms in total. The maximum absolute atomic E-state index is 12.2. The van der Waals surface area contributed by atoms with E-state index in [-0.39, 0.29) is 18.7 Å². The van der Waals surface area contributed by atoms with Gasteiger partial charge in [-0.1, -0.05) is 24.3 Å². The van der Waals surface area contributed by atoms with Crippen molar-refractivity contribution in [2.24, 2.45) is 0 Å². The van der Waals surface area contributed by atoms with Gasteiger partial charge in [-0.3, -0.25) is 4.79 Å². The Hall–Kier alpha value is -2.91. The summed E-state index contributed by atoms with van der Waals surface area (Å²) in [7, 11) is 0. The Kier molecular flexibility index (Phi) is 6.76. The first-order valence-corrected chi connectivity index (χ1v) is 7.90. The van der Waals surface area contributed by atoms with E-state index in [0.717, 1.165) is 12.1 Å². The van der Waals surface area contributed by atoms with Gasteiger partial charge in [0.1, 0.15) is 11.5 Å². The second-order valence-electron chi connectivity index (χ2n) is 5.70. The van der Waals surface area contributed by atoms with E-state index in [2.05, 4.69) is 14.8 Å². The largest absolute Gasteiger partial charge is 0.573 e. The zero-order valence-electron chi connectivity index (χ0n) is 14.2. The molecule has 0 atom stereocenters. The fourth-order valence-corrected chi connectivity index (χ4v) is 2.17. The van der Waals surface area contributed by atoms with Crippen LogP contribution in [0, 0.1) is 0 Å². The molecule has 1 N–H and O–H groups in total. The number of hydrogen-bond donors (Lipinski definition) is 1. The molecule has 0 bridgehead atoms. The fourth-order valence-electron chi connectivity index (χ4n) is 2.17. The highest BCUT2D eigenvalue weighted by Gasteiger charge is 2.31. The maximum atomic E-state index is 12.2. The Morgan fingerprint density at radius 2 is 1.57 bits per heavy atom. The molecule has 152 valence electrons. The molecular weight excluding hydrogens is 392 g/mol. The Balaban J connectivity index is 1.84. The number of amides is 1. The monoisotopic (exact) mass is 407 g/mol. The molecular formula is C18H15F6NO3. The van der Waals surface area contributed by atoms with Crippen LogP contribution in [0.4, 0.5) is 26.3 Å². The quantitative estimate of drug-likeness (QED) is 0.693. The minimum absolute atomic E-state index is 0.0179. The minimum Gasteiger partial charge on any atom is -0.484 e. The van der Waals surface area contributed by atoms with Crippen LogP contribution >= 0.6 is 0 Å². The Bertz CT molecular complexity index is 787. The van der Waals surface area contributed by atoms with Gasteiger partial charge in [0.15, 0.2) is 6.61 Å². The van der Waals surface area contributed by atoms with Gasteiger partial charge in [-0.05, 0) is 35.4 Å². The number of alkyl halides is 6. The van der Waals surface area contributed by atoms with Crippen LogP contribution in [-0.2, 0) is 17.8 Å². The number of carbonyl (C=O) groups excluding carboxylic acids is 1. The Morgan fingerprint density at radius 1 is 0.893 bits per heavy atom. The third-order valence-corrected chi connectivity index (χ3v) is 3.31. The van der Waals surface area contributed by atoms with E-state index in [1.54, 1.807) is 6.07 Å². The lowest BCUT2D eigenvalue weighted by molar-refractivity contribution is -0.274. The predicted octanol–water partition coefficient (Wildman–Crippen LogP) is 4.39. The molecule has 0 spiro atoms. The molecule has 0 fully saturated rings. The van der Waals surface area contributed by atoms with Crippen molar-refractivity contribution in [2.45, 2.75) is 25.5 Å². The second kappa shape index (κ2) is 8.85. The summed E-state index contributed by atoms with van der Waals surface area (Å²) in [5.74, 6) is -0.789. The lowest BCUT2D eigenvalue weighted by Crippen LogP contribution is -2.24. The summed E-state index contributed by atoms with van der Waals surface area (Å²) in [5, 5.41) is 2.57. The third-order valence-electron chi connectivity index (χ3n) is 3.31. The normalized spacial score (nSPS) is 11.8. The minimum atomic E-state index is -4.79. The number of nitrogens with one attached hydrogen (secondary N) is 1. The zero-order valence-corrected chi connectivity index (χ0v) is 14.2. The molecule has 0 saturated carbocycles.